The molecule has 0 aromatic heterocycles. The van der Waals surface area contributed by atoms with Gasteiger partial charge in [-0.25, -0.2) is 0 Å². The van der Waals surface area contributed by atoms with Gasteiger partial charge in [-0.05, 0) is 36.3 Å². The Hall–Kier alpha value is -2.38. The van der Waals surface area contributed by atoms with Gasteiger partial charge in [0, 0.05) is 4.47 Å². The molecule has 0 saturated heterocycles. The summed E-state index contributed by atoms with van der Waals surface area (Å²) in [6.07, 6.45) is 1.58. The maximum atomic E-state index is 12.2. The number of hydrogen-bond donors (Lipinski definition) is 1. The average molecular weight is 355 g/mol. The van der Waals surface area contributed by atoms with Gasteiger partial charge in [0.15, 0.2) is 0 Å². The fraction of sp³-hybridized carbons (Fsp3) is 0.111. The second kappa shape index (κ2) is 7.58. The molecule has 2 aromatic carbocycles. The fourth-order valence-electron chi connectivity index (χ4n) is 2.01. The second-order valence-corrected chi connectivity index (χ2v) is 5.75. The first-order chi connectivity index (χ1) is 10.6. The van der Waals surface area contributed by atoms with Crippen LogP contribution in [0.5, 0.6) is 0 Å². The van der Waals surface area contributed by atoms with E-state index in [1.54, 1.807) is 6.08 Å². The van der Waals surface area contributed by atoms with Crippen molar-refractivity contribution in [3.63, 3.8) is 0 Å². The predicted octanol–water partition coefficient (Wildman–Crippen LogP) is 4.23. The molecule has 0 bridgehead atoms. The molecule has 110 valence electrons. The van der Waals surface area contributed by atoms with Crippen LogP contribution in [0.4, 0.5) is 0 Å². The Bertz CT molecular complexity index is 732. The Morgan fingerprint density at radius 1 is 1.23 bits per heavy atom. The van der Waals surface area contributed by atoms with Gasteiger partial charge in [-0.3, -0.25) is 4.79 Å². The number of halogens is 1. The van der Waals surface area contributed by atoms with E-state index >= 15 is 0 Å². The maximum absolute atomic E-state index is 12.2. The molecule has 0 spiro atoms. The molecule has 0 radical (unpaired) electrons. The van der Waals surface area contributed by atoms with E-state index < -0.39 is 0 Å². The number of amides is 1. The number of nitrogens with zero attached hydrogens (tertiary/aromatic N) is 1. The van der Waals surface area contributed by atoms with Crippen LogP contribution in [0.3, 0.4) is 0 Å². The summed E-state index contributed by atoms with van der Waals surface area (Å²) in [5.41, 5.74) is 1.88. The first-order valence-electron chi connectivity index (χ1n) is 6.83. The topological polar surface area (TPSA) is 52.9 Å². The molecular weight excluding hydrogens is 340 g/mol. The first-order valence-corrected chi connectivity index (χ1v) is 7.62. The minimum absolute atomic E-state index is 0.0841. The summed E-state index contributed by atoms with van der Waals surface area (Å²) in [4.78, 5) is 12.2. The average Bonchev–Trinajstić information content (AvgIpc) is 2.53. The highest BCUT2D eigenvalue weighted by atomic mass is 79.9. The molecule has 0 heterocycles. The Balaban J connectivity index is 2.14. The molecule has 0 saturated carbocycles. The molecule has 3 nitrogen and oxygen atoms in total. The van der Waals surface area contributed by atoms with Crippen molar-refractivity contribution >= 4 is 27.9 Å². The predicted molar refractivity (Wildman–Crippen MR) is 90.7 cm³/mol. The van der Waals surface area contributed by atoms with Crippen LogP contribution < -0.4 is 5.32 Å². The van der Waals surface area contributed by atoms with Crippen LogP contribution in [0, 0.1) is 11.3 Å². The van der Waals surface area contributed by atoms with E-state index in [2.05, 4.69) is 21.2 Å². The summed E-state index contributed by atoms with van der Waals surface area (Å²) in [6.45, 7) is 1.89. The number of carbonyl (C=O) groups excluding carboxylic acids is 1. The monoisotopic (exact) mass is 354 g/mol. The molecule has 0 aliphatic rings. The minimum atomic E-state index is -0.376. The van der Waals surface area contributed by atoms with E-state index in [0.29, 0.717) is 0 Å². The summed E-state index contributed by atoms with van der Waals surface area (Å²) in [5, 5.41) is 12.1. The van der Waals surface area contributed by atoms with Gasteiger partial charge in [-0.15, -0.1) is 0 Å². The van der Waals surface area contributed by atoms with Crippen LogP contribution in [0.2, 0.25) is 0 Å². The summed E-state index contributed by atoms with van der Waals surface area (Å²) in [7, 11) is 0. The number of nitriles is 1. The quantitative estimate of drug-likeness (QED) is 0.659. The van der Waals surface area contributed by atoms with Crippen LogP contribution in [-0.2, 0) is 4.79 Å². The SMILES string of the molecule is C[C@H](NC(=O)/C(C#N)=C\c1cccc(Br)c1)c1ccccc1. The molecule has 0 unspecified atom stereocenters. The van der Waals surface area contributed by atoms with Crippen molar-refractivity contribution < 1.29 is 4.79 Å². The van der Waals surface area contributed by atoms with E-state index in [-0.39, 0.29) is 17.5 Å². The molecule has 2 rings (SSSR count). The van der Waals surface area contributed by atoms with Crippen LogP contribution in [-0.4, -0.2) is 5.91 Å². The fourth-order valence-corrected chi connectivity index (χ4v) is 2.43. The van der Waals surface area contributed by atoms with Crippen LogP contribution in [0.25, 0.3) is 6.08 Å². The Morgan fingerprint density at radius 2 is 1.95 bits per heavy atom. The minimum Gasteiger partial charge on any atom is -0.345 e. The lowest BCUT2D eigenvalue weighted by Crippen LogP contribution is -2.27. The number of carbonyl (C=O) groups is 1. The van der Waals surface area contributed by atoms with E-state index in [1.165, 1.54) is 0 Å². The third kappa shape index (κ3) is 4.31. The molecule has 2 aromatic rings. The van der Waals surface area contributed by atoms with Gasteiger partial charge in [-0.2, -0.15) is 5.26 Å². The maximum Gasteiger partial charge on any atom is 0.262 e. The number of rotatable bonds is 4. The highest BCUT2D eigenvalue weighted by Gasteiger charge is 2.13. The zero-order valence-electron chi connectivity index (χ0n) is 12.1. The zero-order chi connectivity index (χ0) is 15.9. The molecule has 1 amide bonds. The van der Waals surface area contributed by atoms with Crippen LogP contribution >= 0.6 is 15.9 Å². The van der Waals surface area contributed by atoms with Crippen molar-refractivity contribution in [2.75, 3.05) is 0 Å². The second-order valence-electron chi connectivity index (χ2n) is 4.83. The van der Waals surface area contributed by atoms with Gasteiger partial charge < -0.3 is 5.32 Å². The van der Waals surface area contributed by atoms with Crippen molar-refractivity contribution in [2.24, 2.45) is 0 Å². The van der Waals surface area contributed by atoms with Gasteiger partial charge >= 0.3 is 0 Å². The molecule has 0 aliphatic carbocycles. The Labute approximate surface area is 138 Å². The normalized spacial score (nSPS) is 12.3. The van der Waals surface area contributed by atoms with Crippen molar-refractivity contribution in [2.45, 2.75) is 13.0 Å². The van der Waals surface area contributed by atoms with E-state index in [9.17, 15) is 10.1 Å². The highest BCUT2D eigenvalue weighted by molar-refractivity contribution is 9.10. The zero-order valence-corrected chi connectivity index (χ0v) is 13.7. The Morgan fingerprint density at radius 3 is 2.59 bits per heavy atom. The standard InChI is InChI=1S/C18H15BrN2O/c1-13(15-7-3-2-4-8-15)21-18(22)16(12-20)10-14-6-5-9-17(19)11-14/h2-11,13H,1H3,(H,21,22)/b16-10-/t13-/m0/s1. The van der Waals surface area contributed by atoms with Gasteiger partial charge in [0.25, 0.3) is 5.91 Å². The van der Waals surface area contributed by atoms with Gasteiger partial charge in [0.05, 0.1) is 6.04 Å². The molecular formula is C18H15BrN2O. The lowest BCUT2D eigenvalue weighted by Gasteiger charge is -2.13. The van der Waals surface area contributed by atoms with Crippen molar-refractivity contribution in [3.8, 4) is 6.07 Å². The summed E-state index contributed by atoms with van der Waals surface area (Å²) in [6, 6.07) is 18.9. The molecule has 0 aliphatic heterocycles. The first kappa shape index (κ1) is 16.0. The number of nitrogens with one attached hydrogen (secondary N) is 1. The van der Waals surface area contributed by atoms with Gasteiger partial charge in [-0.1, -0.05) is 58.4 Å². The molecule has 1 atom stereocenters. The lowest BCUT2D eigenvalue weighted by atomic mass is 10.1. The number of benzene rings is 2. The van der Waals surface area contributed by atoms with Gasteiger partial charge in [0.1, 0.15) is 11.6 Å². The van der Waals surface area contributed by atoms with Crippen molar-refractivity contribution in [1.82, 2.24) is 5.32 Å². The van der Waals surface area contributed by atoms with Crippen molar-refractivity contribution in [3.05, 3.63) is 75.8 Å². The molecule has 0 fully saturated rings. The van der Waals surface area contributed by atoms with E-state index in [0.717, 1.165) is 15.6 Å². The molecule has 4 heteroatoms. The largest absolute Gasteiger partial charge is 0.345 e. The molecule has 1 N–H and O–H groups in total. The molecule has 22 heavy (non-hydrogen) atoms. The van der Waals surface area contributed by atoms with E-state index in [4.69, 9.17) is 0 Å². The third-order valence-corrected chi connectivity index (χ3v) is 3.67. The lowest BCUT2D eigenvalue weighted by molar-refractivity contribution is -0.117. The number of hydrogen-bond acceptors (Lipinski definition) is 2. The van der Waals surface area contributed by atoms with Gasteiger partial charge in [0.2, 0.25) is 0 Å². The van der Waals surface area contributed by atoms with Crippen molar-refractivity contribution in [1.29, 1.82) is 5.26 Å². The van der Waals surface area contributed by atoms with Crippen LogP contribution in [0.15, 0.2) is 64.6 Å². The highest BCUT2D eigenvalue weighted by Crippen LogP contribution is 2.16. The Kier molecular flexibility index (Phi) is 5.51. The van der Waals surface area contributed by atoms with E-state index in [1.807, 2.05) is 67.6 Å². The third-order valence-electron chi connectivity index (χ3n) is 3.17. The summed E-state index contributed by atoms with van der Waals surface area (Å²) >= 11 is 3.37. The van der Waals surface area contributed by atoms with Crippen LogP contribution in [0.1, 0.15) is 24.1 Å². The smallest absolute Gasteiger partial charge is 0.262 e. The summed E-state index contributed by atoms with van der Waals surface area (Å²) in [5.74, 6) is -0.376. The summed E-state index contributed by atoms with van der Waals surface area (Å²) < 4.78 is 0.900.